The molecule has 2 aliphatic heterocycles. The summed E-state index contributed by atoms with van der Waals surface area (Å²) in [5, 5.41) is 9.99. The smallest absolute Gasteiger partial charge is 0.150 e. The van der Waals surface area contributed by atoms with Crippen molar-refractivity contribution >= 4 is 11.1 Å². The monoisotopic (exact) mass is 445 g/mol. The molecule has 1 N–H and O–H groups in total. The van der Waals surface area contributed by atoms with E-state index in [2.05, 4.69) is 24.0 Å². The normalized spacial score (nSPS) is 18.4. The third kappa shape index (κ3) is 4.46. The van der Waals surface area contributed by atoms with Crippen LogP contribution in [-0.2, 0) is 0 Å². The highest BCUT2D eigenvalue weighted by molar-refractivity contribution is 5.95. The van der Waals surface area contributed by atoms with E-state index in [0.717, 1.165) is 53.2 Å². The molecule has 0 aromatic heterocycles. The molecule has 0 amide bonds. The van der Waals surface area contributed by atoms with Crippen molar-refractivity contribution in [2.24, 2.45) is 5.92 Å². The Morgan fingerprint density at radius 2 is 1.79 bits per heavy atom. The van der Waals surface area contributed by atoms with E-state index in [1.165, 1.54) is 0 Å². The Hall–Kier alpha value is -3.31. The summed E-state index contributed by atoms with van der Waals surface area (Å²) >= 11 is 0. The molecule has 2 heterocycles. The van der Waals surface area contributed by atoms with Gasteiger partial charge in [0.25, 0.3) is 0 Å². The number of ether oxygens (including phenoxy) is 2. The molecule has 3 aromatic rings. The zero-order valence-corrected chi connectivity index (χ0v) is 18.7. The van der Waals surface area contributed by atoms with Crippen molar-refractivity contribution in [3.8, 4) is 17.2 Å². The van der Waals surface area contributed by atoms with Crippen LogP contribution in [-0.4, -0.2) is 42.9 Å². The number of nitrogens with zero attached hydrogens (tertiary/aromatic N) is 1. The Bertz CT molecular complexity index is 1140. The number of phenolic OH excluding ortho intramolecular Hbond substituents is 1. The number of rotatable bonds is 7. The molecule has 1 atom stereocenters. The molecule has 33 heavy (non-hydrogen) atoms. The average molecular weight is 446 g/mol. The predicted octanol–water partition coefficient (Wildman–Crippen LogP) is 5.74. The molecule has 5 rings (SSSR count). The third-order valence-corrected chi connectivity index (χ3v) is 6.48. The number of alkyl halides is 1. The van der Waals surface area contributed by atoms with Gasteiger partial charge in [-0.1, -0.05) is 42.5 Å². The molecule has 170 valence electrons. The van der Waals surface area contributed by atoms with Crippen LogP contribution in [0.25, 0.3) is 11.1 Å². The van der Waals surface area contributed by atoms with Crippen LogP contribution in [0.3, 0.4) is 0 Å². The molecule has 1 fully saturated rings. The summed E-state index contributed by atoms with van der Waals surface area (Å²) in [5.41, 5.74) is 5.36. The number of allylic oxidation sites excluding steroid dienone is 1. The second-order valence-corrected chi connectivity index (χ2v) is 8.78. The van der Waals surface area contributed by atoms with Gasteiger partial charge in [-0.05, 0) is 47.9 Å². The van der Waals surface area contributed by atoms with Gasteiger partial charge in [0, 0.05) is 42.8 Å². The van der Waals surface area contributed by atoms with Gasteiger partial charge in [0.1, 0.15) is 30.0 Å². The third-order valence-electron chi connectivity index (χ3n) is 6.48. The van der Waals surface area contributed by atoms with Gasteiger partial charge in [-0.25, -0.2) is 0 Å². The topological polar surface area (TPSA) is 41.9 Å². The summed E-state index contributed by atoms with van der Waals surface area (Å²) in [6.45, 7) is 4.91. The van der Waals surface area contributed by atoms with Gasteiger partial charge >= 0.3 is 0 Å². The summed E-state index contributed by atoms with van der Waals surface area (Å²) in [4.78, 5) is 2.21. The van der Waals surface area contributed by atoms with Crippen LogP contribution in [0.4, 0.5) is 4.39 Å². The lowest BCUT2D eigenvalue weighted by molar-refractivity contribution is 0.0668. The molecular weight excluding hydrogens is 417 g/mol. The first-order valence-corrected chi connectivity index (χ1v) is 11.4. The van der Waals surface area contributed by atoms with Gasteiger partial charge in [-0.15, -0.1) is 0 Å². The summed E-state index contributed by atoms with van der Waals surface area (Å²) < 4.78 is 24.9. The quantitative estimate of drug-likeness (QED) is 0.504. The highest BCUT2D eigenvalue weighted by Gasteiger charge is 2.29. The van der Waals surface area contributed by atoms with E-state index in [0.29, 0.717) is 12.4 Å². The van der Waals surface area contributed by atoms with Crippen LogP contribution in [0.2, 0.25) is 0 Å². The summed E-state index contributed by atoms with van der Waals surface area (Å²) in [6.07, 6.45) is -0.297. The van der Waals surface area contributed by atoms with E-state index in [-0.39, 0.29) is 24.4 Å². The van der Waals surface area contributed by atoms with Gasteiger partial charge < -0.3 is 14.6 Å². The summed E-state index contributed by atoms with van der Waals surface area (Å²) in [5.74, 6) is 1.87. The maximum absolute atomic E-state index is 12.6. The van der Waals surface area contributed by atoms with Gasteiger partial charge in [-0.3, -0.25) is 9.29 Å². The van der Waals surface area contributed by atoms with Crippen LogP contribution in [0, 0.1) is 5.92 Å². The maximum atomic E-state index is 12.6. The van der Waals surface area contributed by atoms with Gasteiger partial charge in [0.2, 0.25) is 0 Å². The van der Waals surface area contributed by atoms with E-state index < -0.39 is 0 Å². The minimum absolute atomic E-state index is 0.187. The number of hydrogen-bond donors (Lipinski definition) is 1. The SMILES string of the molecule is CC1=C(c2ccccc2)[C@@H](c2ccc(OCCN3CC(CF)C3)cc2)Oc2cc(O)ccc21. The molecular formula is C28H28FNO3. The highest BCUT2D eigenvalue weighted by Crippen LogP contribution is 2.47. The lowest BCUT2D eigenvalue weighted by Crippen LogP contribution is -2.49. The molecule has 1 saturated heterocycles. The minimum Gasteiger partial charge on any atom is -0.508 e. The number of fused-ring (bicyclic) bond motifs is 1. The Morgan fingerprint density at radius 1 is 1.03 bits per heavy atom. The van der Waals surface area contributed by atoms with Gasteiger partial charge in [0.05, 0.1) is 6.67 Å². The molecule has 3 aromatic carbocycles. The molecule has 0 saturated carbocycles. The maximum Gasteiger partial charge on any atom is 0.150 e. The van der Waals surface area contributed by atoms with Crippen molar-refractivity contribution in [2.75, 3.05) is 32.9 Å². The molecule has 0 spiro atoms. The van der Waals surface area contributed by atoms with Crippen LogP contribution < -0.4 is 9.47 Å². The summed E-state index contributed by atoms with van der Waals surface area (Å²) in [7, 11) is 0. The largest absolute Gasteiger partial charge is 0.508 e. The second kappa shape index (κ2) is 9.28. The molecule has 4 nitrogen and oxygen atoms in total. The van der Waals surface area contributed by atoms with Crippen LogP contribution in [0.5, 0.6) is 17.2 Å². The van der Waals surface area contributed by atoms with E-state index in [1.54, 1.807) is 12.1 Å². The molecule has 0 radical (unpaired) electrons. The van der Waals surface area contributed by atoms with Crippen molar-refractivity contribution in [2.45, 2.75) is 13.0 Å². The first kappa shape index (κ1) is 21.5. The Morgan fingerprint density at radius 3 is 2.52 bits per heavy atom. The van der Waals surface area contributed by atoms with E-state index in [4.69, 9.17) is 9.47 Å². The van der Waals surface area contributed by atoms with Crippen molar-refractivity contribution in [3.63, 3.8) is 0 Å². The van der Waals surface area contributed by atoms with E-state index in [1.807, 2.05) is 48.5 Å². The number of aromatic hydroxyl groups is 1. The number of likely N-dealkylation sites (tertiary alicyclic amines) is 1. The number of benzene rings is 3. The van der Waals surface area contributed by atoms with Crippen LogP contribution >= 0.6 is 0 Å². The zero-order chi connectivity index (χ0) is 22.8. The van der Waals surface area contributed by atoms with Gasteiger partial charge in [-0.2, -0.15) is 0 Å². The molecule has 0 unspecified atom stereocenters. The summed E-state index contributed by atoms with van der Waals surface area (Å²) in [6, 6.07) is 23.5. The zero-order valence-electron chi connectivity index (χ0n) is 18.7. The van der Waals surface area contributed by atoms with E-state index >= 15 is 0 Å². The number of halogens is 1. The molecule has 5 heteroatoms. The Kier molecular flexibility index (Phi) is 6.05. The lowest BCUT2D eigenvalue weighted by atomic mass is 9.86. The Balaban J connectivity index is 1.36. The first-order valence-electron chi connectivity index (χ1n) is 11.4. The van der Waals surface area contributed by atoms with E-state index in [9.17, 15) is 9.50 Å². The second-order valence-electron chi connectivity index (χ2n) is 8.78. The van der Waals surface area contributed by atoms with Crippen molar-refractivity contribution in [3.05, 3.63) is 89.5 Å². The van der Waals surface area contributed by atoms with Crippen molar-refractivity contribution in [1.29, 1.82) is 0 Å². The first-order chi connectivity index (χ1) is 16.1. The van der Waals surface area contributed by atoms with Crippen molar-refractivity contribution < 1.29 is 19.0 Å². The van der Waals surface area contributed by atoms with Crippen LogP contribution in [0.1, 0.15) is 29.7 Å². The molecule has 2 aliphatic rings. The number of phenols is 1. The fourth-order valence-corrected chi connectivity index (χ4v) is 4.65. The average Bonchev–Trinajstić information content (AvgIpc) is 2.81. The lowest BCUT2D eigenvalue weighted by Gasteiger charge is -2.37. The highest BCUT2D eigenvalue weighted by atomic mass is 19.1. The van der Waals surface area contributed by atoms with Gasteiger partial charge in [0.15, 0.2) is 0 Å². The van der Waals surface area contributed by atoms with Crippen molar-refractivity contribution in [1.82, 2.24) is 4.90 Å². The number of hydrogen-bond acceptors (Lipinski definition) is 4. The minimum atomic E-state index is -0.297. The fourth-order valence-electron chi connectivity index (χ4n) is 4.65. The standard InChI is InChI=1S/C28H28FNO3/c1-19-25-12-9-23(31)15-26(25)33-28(27(19)21-5-3-2-4-6-21)22-7-10-24(11-8-22)32-14-13-30-17-20(16-29)18-30/h2-12,15,20,28,31H,13-14,16-18H2,1H3/t28-/m1/s1. The predicted molar refractivity (Wildman–Crippen MR) is 128 cm³/mol. The van der Waals surface area contributed by atoms with Crippen LogP contribution in [0.15, 0.2) is 72.8 Å². The Labute approximate surface area is 193 Å². The fraction of sp³-hybridized carbons (Fsp3) is 0.286. The molecule has 0 aliphatic carbocycles. The molecule has 0 bridgehead atoms.